The Morgan fingerprint density at radius 3 is 2.62 bits per heavy atom. The molecule has 1 aliphatic carbocycles. The molecule has 0 aromatic rings. The number of ether oxygens (including phenoxy) is 1. The molecule has 94 valence electrons. The fourth-order valence-corrected chi connectivity index (χ4v) is 2.75. The van der Waals surface area contributed by atoms with Gasteiger partial charge in [0.1, 0.15) is 0 Å². The minimum absolute atomic E-state index is 0.174. The van der Waals surface area contributed by atoms with Gasteiger partial charge in [-0.3, -0.25) is 8.98 Å². The summed E-state index contributed by atoms with van der Waals surface area (Å²) in [5.41, 5.74) is 0. The zero-order valence-corrected chi connectivity index (χ0v) is 10.5. The number of carbonyl (C=O) groups is 1. The van der Waals surface area contributed by atoms with E-state index in [2.05, 4.69) is 4.74 Å². The van der Waals surface area contributed by atoms with Crippen LogP contribution < -0.4 is 0 Å². The summed E-state index contributed by atoms with van der Waals surface area (Å²) in [7, 11) is -2.04. The Hall–Kier alpha value is -0.620. The van der Waals surface area contributed by atoms with Crippen molar-refractivity contribution in [2.75, 3.05) is 13.4 Å². The van der Waals surface area contributed by atoms with Crippen molar-refractivity contribution in [1.82, 2.24) is 0 Å². The Morgan fingerprint density at radius 2 is 2.06 bits per heavy atom. The molecule has 6 heteroatoms. The van der Waals surface area contributed by atoms with E-state index in [1.807, 2.05) is 0 Å². The summed E-state index contributed by atoms with van der Waals surface area (Å²) < 4.78 is 31.5. The van der Waals surface area contributed by atoms with Crippen LogP contribution in [0.2, 0.25) is 0 Å². The van der Waals surface area contributed by atoms with Crippen LogP contribution in [0, 0.1) is 5.92 Å². The molecule has 16 heavy (non-hydrogen) atoms. The molecule has 1 saturated carbocycles. The summed E-state index contributed by atoms with van der Waals surface area (Å²) in [5.74, 6) is -0.0713. The number of methoxy groups -OCH3 is 1. The van der Waals surface area contributed by atoms with Crippen molar-refractivity contribution in [3.8, 4) is 0 Å². The fraction of sp³-hybridized carbons (Fsp3) is 0.900. The molecule has 1 aliphatic rings. The smallest absolute Gasteiger partial charge is 0.305 e. The van der Waals surface area contributed by atoms with E-state index < -0.39 is 10.1 Å². The van der Waals surface area contributed by atoms with Gasteiger partial charge in [0.05, 0.1) is 19.5 Å². The van der Waals surface area contributed by atoms with Crippen LogP contribution in [-0.2, 0) is 23.8 Å². The second-order valence-electron chi connectivity index (χ2n) is 4.24. The molecule has 0 heterocycles. The van der Waals surface area contributed by atoms with Crippen molar-refractivity contribution < 1.29 is 22.1 Å². The minimum Gasteiger partial charge on any atom is -0.469 e. The standard InChI is InChI=1S/C10H18O5S/c1-14-10(11)7-8-4-3-5-9(6-8)15-16(2,12)13/h8-9H,3-7H2,1-2H3/t8-,9-/m0/s1. The van der Waals surface area contributed by atoms with Gasteiger partial charge in [0.25, 0.3) is 10.1 Å². The van der Waals surface area contributed by atoms with E-state index in [1.54, 1.807) is 0 Å². The van der Waals surface area contributed by atoms with Crippen molar-refractivity contribution in [3.05, 3.63) is 0 Å². The molecule has 5 nitrogen and oxygen atoms in total. The summed E-state index contributed by atoms with van der Waals surface area (Å²) in [5, 5.41) is 0. The van der Waals surface area contributed by atoms with Crippen LogP contribution in [0.1, 0.15) is 32.1 Å². The number of rotatable bonds is 4. The van der Waals surface area contributed by atoms with E-state index in [0.29, 0.717) is 12.8 Å². The second kappa shape index (κ2) is 5.63. The average Bonchev–Trinajstić information content (AvgIpc) is 2.15. The van der Waals surface area contributed by atoms with Gasteiger partial charge in [-0.15, -0.1) is 0 Å². The van der Waals surface area contributed by atoms with E-state index in [4.69, 9.17) is 4.18 Å². The molecule has 0 radical (unpaired) electrons. The zero-order valence-electron chi connectivity index (χ0n) is 9.64. The minimum atomic E-state index is -3.40. The Morgan fingerprint density at radius 1 is 1.38 bits per heavy atom. The highest BCUT2D eigenvalue weighted by molar-refractivity contribution is 7.86. The van der Waals surface area contributed by atoms with E-state index in [9.17, 15) is 13.2 Å². The number of esters is 1. The molecule has 0 bridgehead atoms. The Labute approximate surface area is 96.2 Å². The van der Waals surface area contributed by atoms with E-state index >= 15 is 0 Å². The monoisotopic (exact) mass is 250 g/mol. The first kappa shape index (κ1) is 13.4. The van der Waals surface area contributed by atoms with Gasteiger partial charge >= 0.3 is 5.97 Å². The molecule has 1 rings (SSSR count). The molecule has 0 aliphatic heterocycles. The molecule has 0 N–H and O–H groups in total. The first-order chi connectivity index (χ1) is 7.40. The lowest BCUT2D eigenvalue weighted by Crippen LogP contribution is -2.26. The van der Waals surface area contributed by atoms with Crippen LogP contribution >= 0.6 is 0 Å². The van der Waals surface area contributed by atoms with Crippen LogP contribution in [0.15, 0.2) is 0 Å². The number of hydrogen-bond donors (Lipinski definition) is 0. The van der Waals surface area contributed by atoms with Gasteiger partial charge in [0.15, 0.2) is 0 Å². The normalized spacial score (nSPS) is 26.4. The van der Waals surface area contributed by atoms with Gasteiger partial charge in [0.2, 0.25) is 0 Å². The third-order valence-electron chi connectivity index (χ3n) is 2.73. The van der Waals surface area contributed by atoms with Crippen LogP contribution in [0.4, 0.5) is 0 Å². The predicted molar refractivity (Wildman–Crippen MR) is 58.3 cm³/mol. The highest BCUT2D eigenvalue weighted by Gasteiger charge is 2.26. The van der Waals surface area contributed by atoms with Crippen molar-refractivity contribution in [2.24, 2.45) is 5.92 Å². The molecule has 0 amide bonds. The molecule has 0 aromatic carbocycles. The Bertz CT molecular complexity index is 335. The third-order valence-corrected chi connectivity index (χ3v) is 3.35. The molecule has 0 unspecified atom stereocenters. The second-order valence-corrected chi connectivity index (χ2v) is 5.84. The van der Waals surface area contributed by atoms with Crippen LogP contribution in [-0.4, -0.2) is 33.9 Å². The maximum atomic E-state index is 11.1. The SMILES string of the molecule is COC(=O)C[C@H]1CCC[C@H](OS(C)(=O)=O)C1. The molecular formula is C10H18O5S. The molecule has 0 spiro atoms. The van der Waals surface area contributed by atoms with Crippen molar-refractivity contribution in [2.45, 2.75) is 38.2 Å². The quantitative estimate of drug-likeness (QED) is 0.551. The third kappa shape index (κ3) is 4.94. The van der Waals surface area contributed by atoms with Crippen LogP contribution in [0.3, 0.4) is 0 Å². The summed E-state index contributed by atoms with van der Waals surface area (Å²) in [4.78, 5) is 11.1. The Kier molecular flexibility index (Phi) is 4.73. The summed E-state index contributed by atoms with van der Waals surface area (Å²) in [6.45, 7) is 0. The Balaban J connectivity index is 2.44. The van der Waals surface area contributed by atoms with Gasteiger partial charge in [-0.2, -0.15) is 8.42 Å². The van der Waals surface area contributed by atoms with Crippen molar-refractivity contribution in [1.29, 1.82) is 0 Å². The first-order valence-corrected chi connectivity index (χ1v) is 7.17. The topological polar surface area (TPSA) is 69.7 Å². The van der Waals surface area contributed by atoms with Crippen LogP contribution in [0.5, 0.6) is 0 Å². The van der Waals surface area contributed by atoms with E-state index in [-0.39, 0.29) is 18.0 Å². The summed E-state index contributed by atoms with van der Waals surface area (Å²) in [6.07, 6.45) is 4.29. The van der Waals surface area contributed by atoms with Gasteiger partial charge in [-0.1, -0.05) is 6.42 Å². The average molecular weight is 250 g/mol. The molecule has 2 atom stereocenters. The maximum absolute atomic E-state index is 11.1. The number of hydrogen-bond acceptors (Lipinski definition) is 5. The summed E-state index contributed by atoms with van der Waals surface area (Å²) in [6, 6.07) is 0. The number of carbonyl (C=O) groups excluding carboxylic acids is 1. The van der Waals surface area contributed by atoms with Gasteiger partial charge in [0, 0.05) is 6.42 Å². The van der Waals surface area contributed by atoms with Gasteiger partial charge in [-0.05, 0) is 25.2 Å². The first-order valence-electron chi connectivity index (χ1n) is 5.36. The summed E-state index contributed by atoms with van der Waals surface area (Å²) >= 11 is 0. The highest BCUT2D eigenvalue weighted by Crippen LogP contribution is 2.29. The van der Waals surface area contributed by atoms with Crippen molar-refractivity contribution >= 4 is 16.1 Å². The van der Waals surface area contributed by atoms with Gasteiger partial charge in [-0.25, -0.2) is 0 Å². The molecule has 1 fully saturated rings. The lowest BCUT2D eigenvalue weighted by molar-refractivity contribution is -0.142. The lowest BCUT2D eigenvalue weighted by Gasteiger charge is -2.27. The molecular weight excluding hydrogens is 232 g/mol. The van der Waals surface area contributed by atoms with E-state index in [0.717, 1.165) is 25.5 Å². The van der Waals surface area contributed by atoms with E-state index in [1.165, 1.54) is 7.11 Å². The zero-order chi connectivity index (χ0) is 12.2. The van der Waals surface area contributed by atoms with Crippen molar-refractivity contribution in [3.63, 3.8) is 0 Å². The largest absolute Gasteiger partial charge is 0.469 e. The predicted octanol–water partition coefficient (Wildman–Crippen LogP) is 1.08. The highest BCUT2D eigenvalue weighted by atomic mass is 32.2. The lowest BCUT2D eigenvalue weighted by atomic mass is 9.85. The maximum Gasteiger partial charge on any atom is 0.305 e. The molecule has 0 saturated heterocycles. The van der Waals surface area contributed by atoms with Crippen LogP contribution in [0.25, 0.3) is 0 Å². The fourth-order valence-electron chi connectivity index (χ4n) is 2.08. The molecule has 0 aromatic heterocycles. The van der Waals surface area contributed by atoms with Gasteiger partial charge < -0.3 is 4.74 Å².